The van der Waals surface area contributed by atoms with Gasteiger partial charge in [0.2, 0.25) is 0 Å². The first-order valence-electron chi connectivity index (χ1n) is 10.8. The number of halogens is 1. The summed E-state index contributed by atoms with van der Waals surface area (Å²) in [7, 11) is 0. The minimum atomic E-state index is -0.254. The van der Waals surface area contributed by atoms with Crippen LogP contribution >= 0.6 is 15.9 Å². The molecule has 0 unspecified atom stereocenters. The van der Waals surface area contributed by atoms with Crippen molar-refractivity contribution in [1.29, 1.82) is 0 Å². The Morgan fingerprint density at radius 3 is 2.45 bits per heavy atom. The standard InChI is InChI=1S/C28H22BrN3O/c1-19-25(17-30-31-28(33)24-14-4-6-15-26(24)29)23-13-5-7-16-27(23)32(19)18-21-11-8-10-20-9-2-3-12-22(20)21/h2-17H,18H2,1H3,(H,31,33)/b30-17+. The van der Waals surface area contributed by atoms with Crippen molar-refractivity contribution in [2.24, 2.45) is 5.10 Å². The van der Waals surface area contributed by atoms with Crippen molar-refractivity contribution in [1.82, 2.24) is 9.99 Å². The fourth-order valence-corrected chi connectivity index (χ4v) is 4.75. The topological polar surface area (TPSA) is 46.4 Å². The van der Waals surface area contributed by atoms with E-state index in [-0.39, 0.29) is 5.91 Å². The Hall–Kier alpha value is -3.70. The molecule has 0 fully saturated rings. The molecule has 0 atom stereocenters. The molecule has 162 valence electrons. The highest BCUT2D eigenvalue weighted by Crippen LogP contribution is 2.27. The molecule has 1 heterocycles. The molecule has 5 rings (SSSR count). The maximum Gasteiger partial charge on any atom is 0.272 e. The summed E-state index contributed by atoms with van der Waals surface area (Å²) < 4.78 is 3.05. The number of rotatable bonds is 5. The van der Waals surface area contributed by atoms with Crippen molar-refractivity contribution in [3.8, 4) is 0 Å². The molecule has 0 saturated carbocycles. The molecular weight excluding hydrogens is 474 g/mol. The monoisotopic (exact) mass is 495 g/mol. The summed E-state index contributed by atoms with van der Waals surface area (Å²) >= 11 is 3.41. The SMILES string of the molecule is Cc1c(/C=N/NC(=O)c2ccccc2Br)c2ccccc2n1Cc1cccc2ccccc12. The number of aromatic nitrogens is 1. The summed E-state index contributed by atoms with van der Waals surface area (Å²) in [6, 6.07) is 30.5. The second kappa shape index (κ2) is 9.04. The van der Waals surface area contributed by atoms with Gasteiger partial charge in [-0.25, -0.2) is 5.43 Å². The first-order valence-corrected chi connectivity index (χ1v) is 11.5. The number of fused-ring (bicyclic) bond motifs is 2. The second-order valence-corrected chi connectivity index (χ2v) is 8.77. The number of hydrogen-bond acceptors (Lipinski definition) is 2. The van der Waals surface area contributed by atoms with Gasteiger partial charge in [0.05, 0.1) is 11.8 Å². The van der Waals surface area contributed by atoms with E-state index in [1.54, 1.807) is 12.3 Å². The van der Waals surface area contributed by atoms with Gasteiger partial charge in [-0.15, -0.1) is 0 Å². The summed E-state index contributed by atoms with van der Waals surface area (Å²) in [6.07, 6.45) is 1.74. The lowest BCUT2D eigenvalue weighted by atomic mass is 10.0. The quantitative estimate of drug-likeness (QED) is 0.214. The molecule has 0 aliphatic rings. The number of hydrazone groups is 1. The molecule has 33 heavy (non-hydrogen) atoms. The smallest absolute Gasteiger partial charge is 0.272 e. The number of nitrogens with zero attached hydrogens (tertiary/aromatic N) is 2. The summed E-state index contributed by atoms with van der Waals surface area (Å²) in [4.78, 5) is 12.5. The molecule has 1 aromatic heterocycles. The lowest BCUT2D eigenvalue weighted by Crippen LogP contribution is -2.18. The van der Waals surface area contributed by atoms with Gasteiger partial charge in [0.15, 0.2) is 0 Å². The average molecular weight is 496 g/mol. The van der Waals surface area contributed by atoms with Gasteiger partial charge in [-0.3, -0.25) is 4.79 Å². The third-order valence-electron chi connectivity index (χ3n) is 5.97. The van der Waals surface area contributed by atoms with Crippen LogP contribution in [0.3, 0.4) is 0 Å². The maximum absolute atomic E-state index is 12.5. The van der Waals surface area contributed by atoms with Crippen molar-refractivity contribution in [2.75, 3.05) is 0 Å². The van der Waals surface area contributed by atoms with Gasteiger partial charge in [0.25, 0.3) is 5.91 Å². The van der Waals surface area contributed by atoms with Crippen molar-refractivity contribution < 1.29 is 4.79 Å². The number of benzene rings is 4. The Kier molecular flexibility index (Phi) is 5.80. The molecule has 0 aliphatic heterocycles. The average Bonchev–Trinajstić information content (AvgIpc) is 3.10. The lowest BCUT2D eigenvalue weighted by molar-refractivity contribution is 0.0954. The summed E-state index contributed by atoms with van der Waals surface area (Å²) in [6.45, 7) is 2.85. The zero-order valence-corrected chi connectivity index (χ0v) is 19.7. The Morgan fingerprint density at radius 1 is 0.909 bits per heavy atom. The second-order valence-electron chi connectivity index (χ2n) is 7.92. The maximum atomic E-state index is 12.5. The minimum absolute atomic E-state index is 0.254. The number of carbonyl (C=O) groups is 1. The Labute approximate surface area is 200 Å². The van der Waals surface area contributed by atoms with Crippen LogP contribution in [0.4, 0.5) is 0 Å². The van der Waals surface area contributed by atoms with E-state index in [9.17, 15) is 4.79 Å². The van der Waals surface area contributed by atoms with E-state index in [2.05, 4.69) is 98.6 Å². The molecule has 5 aromatic rings. The molecule has 0 aliphatic carbocycles. The molecule has 0 saturated heterocycles. The highest BCUT2D eigenvalue weighted by atomic mass is 79.9. The van der Waals surface area contributed by atoms with Crippen LogP contribution in [0.1, 0.15) is 27.2 Å². The van der Waals surface area contributed by atoms with Gasteiger partial charge in [0, 0.05) is 33.2 Å². The van der Waals surface area contributed by atoms with Gasteiger partial charge in [-0.1, -0.05) is 72.8 Å². The lowest BCUT2D eigenvalue weighted by Gasteiger charge is -2.11. The number of amides is 1. The third kappa shape index (κ3) is 4.08. The molecule has 4 nitrogen and oxygen atoms in total. The van der Waals surface area contributed by atoms with E-state index in [1.807, 2.05) is 24.3 Å². The van der Waals surface area contributed by atoms with Gasteiger partial charge in [-0.05, 0) is 57.4 Å². The van der Waals surface area contributed by atoms with Gasteiger partial charge in [0.1, 0.15) is 0 Å². The first-order chi connectivity index (χ1) is 16.1. The van der Waals surface area contributed by atoms with E-state index in [0.717, 1.165) is 33.2 Å². The van der Waals surface area contributed by atoms with Crippen LogP contribution in [-0.4, -0.2) is 16.7 Å². The zero-order chi connectivity index (χ0) is 22.8. The number of carbonyl (C=O) groups excluding carboxylic acids is 1. The number of nitrogens with one attached hydrogen (secondary N) is 1. The molecule has 1 N–H and O–H groups in total. The molecule has 0 spiro atoms. The molecule has 1 amide bonds. The predicted octanol–water partition coefficient (Wildman–Crippen LogP) is 6.68. The van der Waals surface area contributed by atoms with E-state index in [1.165, 1.54) is 16.3 Å². The number of hydrogen-bond donors (Lipinski definition) is 1. The summed E-state index contributed by atoms with van der Waals surface area (Å²) in [5.41, 5.74) is 7.71. The molecule has 5 heteroatoms. The van der Waals surface area contributed by atoms with Gasteiger partial charge >= 0.3 is 0 Å². The zero-order valence-electron chi connectivity index (χ0n) is 18.1. The Morgan fingerprint density at radius 2 is 1.61 bits per heavy atom. The van der Waals surface area contributed by atoms with Crippen LogP contribution in [-0.2, 0) is 6.54 Å². The largest absolute Gasteiger partial charge is 0.340 e. The molecular formula is C28H22BrN3O. The van der Waals surface area contributed by atoms with Crippen molar-refractivity contribution in [3.63, 3.8) is 0 Å². The van der Waals surface area contributed by atoms with E-state index in [4.69, 9.17) is 0 Å². The Bertz CT molecular complexity index is 1510. The van der Waals surface area contributed by atoms with Crippen LogP contribution in [0.2, 0.25) is 0 Å². The highest BCUT2D eigenvalue weighted by Gasteiger charge is 2.14. The first kappa shape index (κ1) is 21.2. The van der Waals surface area contributed by atoms with Crippen LogP contribution in [0, 0.1) is 6.92 Å². The van der Waals surface area contributed by atoms with E-state index < -0.39 is 0 Å². The van der Waals surface area contributed by atoms with Gasteiger partial charge in [-0.2, -0.15) is 5.10 Å². The van der Waals surface area contributed by atoms with E-state index in [0.29, 0.717) is 5.56 Å². The third-order valence-corrected chi connectivity index (χ3v) is 6.66. The summed E-state index contributed by atoms with van der Waals surface area (Å²) in [5, 5.41) is 7.88. The normalized spacial score (nSPS) is 11.5. The highest BCUT2D eigenvalue weighted by molar-refractivity contribution is 9.10. The predicted molar refractivity (Wildman–Crippen MR) is 139 cm³/mol. The van der Waals surface area contributed by atoms with Crippen LogP contribution in [0.15, 0.2) is 101 Å². The fourth-order valence-electron chi connectivity index (χ4n) is 4.29. The van der Waals surface area contributed by atoms with Crippen molar-refractivity contribution in [2.45, 2.75) is 13.5 Å². The van der Waals surface area contributed by atoms with Crippen LogP contribution in [0.25, 0.3) is 21.7 Å². The van der Waals surface area contributed by atoms with Crippen LogP contribution in [0.5, 0.6) is 0 Å². The number of para-hydroxylation sites is 1. The van der Waals surface area contributed by atoms with Gasteiger partial charge < -0.3 is 4.57 Å². The molecule has 4 aromatic carbocycles. The fraction of sp³-hybridized carbons (Fsp3) is 0.0714. The van der Waals surface area contributed by atoms with Crippen molar-refractivity contribution in [3.05, 3.63) is 118 Å². The summed E-state index contributed by atoms with van der Waals surface area (Å²) in [5.74, 6) is -0.254. The van der Waals surface area contributed by atoms with Crippen molar-refractivity contribution >= 4 is 49.7 Å². The molecule has 0 bridgehead atoms. The Balaban J connectivity index is 1.50. The molecule has 0 radical (unpaired) electrons. The van der Waals surface area contributed by atoms with E-state index >= 15 is 0 Å². The van der Waals surface area contributed by atoms with Crippen LogP contribution < -0.4 is 5.43 Å². The minimum Gasteiger partial charge on any atom is -0.340 e.